The molecule has 0 saturated heterocycles. The molecule has 0 saturated carbocycles. The number of fused-ring (bicyclic) bond motifs is 1. The van der Waals surface area contributed by atoms with Crippen molar-refractivity contribution >= 4 is 22.5 Å². The number of aryl methyl sites for hydroxylation is 1. The zero-order valence-electron chi connectivity index (χ0n) is 12.1. The fourth-order valence-corrected chi connectivity index (χ4v) is 2.46. The Morgan fingerprint density at radius 2 is 1.76 bits per heavy atom. The predicted molar refractivity (Wildman–Crippen MR) is 85.7 cm³/mol. The lowest BCUT2D eigenvalue weighted by Gasteiger charge is -2.19. The van der Waals surface area contributed by atoms with Crippen LogP contribution in [0.15, 0.2) is 60.8 Å². The summed E-state index contributed by atoms with van der Waals surface area (Å²) in [6.07, 6.45) is 1.75. The molecule has 3 aromatic rings. The molecule has 1 amide bonds. The van der Waals surface area contributed by atoms with Crippen molar-refractivity contribution in [2.24, 2.45) is 0 Å². The Labute approximate surface area is 123 Å². The van der Waals surface area contributed by atoms with Gasteiger partial charge in [0.25, 0.3) is 5.91 Å². The van der Waals surface area contributed by atoms with Crippen molar-refractivity contribution in [2.75, 3.05) is 11.9 Å². The van der Waals surface area contributed by atoms with Crippen LogP contribution in [0.25, 0.3) is 10.9 Å². The number of benzene rings is 2. The Hall–Kier alpha value is -2.68. The molecule has 0 bridgehead atoms. The second-order valence-electron chi connectivity index (χ2n) is 5.03. The van der Waals surface area contributed by atoms with Gasteiger partial charge in [-0.2, -0.15) is 0 Å². The fourth-order valence-electron chi connectivity index (χ4n) is 2.46. The number of hydrogen-bond acceptors (Lipinski definition) is 2. The van der Waals surface area contributed by atoms with E-state index in [1.807, 2.05) is 61.5 Å². The van der Waals surface area contributed by atoms with Crippen LogP contribution in [0.1, 0.15) is 15.9 Å². The normalized spacial score (nSPS) is 10.6. The smallest absolute Gasteiger partial charge is 0.258 e. The van der Waals surface area contributed by atoms with Crippen molar-refractivity contribution in [1.82, 2.24) is 4.98 Å². The van der Waals surface area contributed by atoms with Gasteiger partial charge < -0.3 is 4.90 Å². The maximum absolute atomic E-state index is 12.7. The summed E-state index contributed by atoms with van der Waals surface area (Å²) in [4.78, 5) is 18.8. The summed E-state index contributed by atoms with van der Waals surface area (Å²) in [5.74, 6) is -0.0220. The molecule has 0 aliphatic carbocycles. The molecule has 3 rings (SSSR count). The van der Waals surface area contributed by atoms with E-state index in [9.17, 15) is 4.79 Å². The SMILES string of the molecule is Cc1ccccc1C(=O)N(C)c1cccc2cccnc12. The zero-order chi connectivity index (χ0) is 14.8. The first-order valence-electron chi connectivity index (χ1n) is 6.86. The largest absolute Gasteiger partial charge is 0.309 e. The van der Waals surface area contributed by atoms with E-state index in [1.165, 1.54) is 0 Å². The first-order valence-corrected chi connectivity index (χ1v) is 6.86. The molecule has 0 aliphatic rings. The van der Waals surface area contributed by atoms with Crippen LogP contribution in [0.2, 0.25) is 0 Å². The lowest BCUT2D eigenvalue weighted by molar-refractivity contribution is 0.0992. The first kappa shape index (κ1) is 13.3. The third-order valence-electron chi connectivity index (χ3n) is 3.65. The third-order valence-corrected chi connectivity index (χ3v) is 3.65. The maximum atomic E-state index is 12.7. The van der Waals surface area contributed by atoms with Crippen LogP contribution in [0.4, 0.5) is 5.69 Å². The van der Waals surface area contributed by atoms with Crippen molar-refractivity contribution < 1.29 is 4.79 Å². The van der Waals surface area contributed by atoms with E-state index in [0.717, 1.165) is 22.2 Å². The minimum Gasteiger partial charge on any atom is -0.309 e. The number of anilines is 1. The number of pyridine rings is 1. The van der Waals surface area contributed by atoms with Gasteiger partial charge in [-0.3, -0.25) is 9.78 Å². The maximum Gasteiger partial charge on any atom is 0.258 e. The third kappa shape index (κ3) is 2.38. The van der Waals surface area contributed by atoms with Crippen LogP contribution >= 0.6 is 0 Å². The van der Waals surface area contributed by atoms with Crippen molar-refractivity contribution in [2.45, 2.75) is 6.92 Å². The van der Waals surface area contributed by atoms with Crippen LogP contribution in [0.5, 0.6) is 0 Å². The second-order valence-corrected chi connectivity index (χ2v) is 5.03. The molecule has 2 aromatic carbocycles. The van der Waals surface area contributed by atoms with Gasteiger partial charge in [0.05, 0.1) is 11.2 Å². The summed E-state index contributed by atoms with van der Waals surface area (Å²) in [5, 5.41) is 1.03. The molecule has 0 unspecified atom stereocenters. The van der Waals surface area contributed by atoms with Crippen molar-refractivity contribution in [3.05, 3.63) is 71.9 Å². The minimum atomic E-state index is -0.0220. The molecule has 1 heterocycles. The highest BCUT2D eigenvalue weighted by Crippen LogP contribution is 2.25. The van der Waals surface area contributed by atoms with Crippen molar-refractivity contribution in [3.63, 3.8) is 0 Å². The van der Waals surface area contributed by atoms with E-state index in [2.05, 4.69) is 4.98 Å². The molecule has 0 N–H and O–H groups in total. The summed E-state index contributed by atoms with van der Waals surface area (Å²) in [5.41, 5.74) is 3.35. The topological polar surface area (TPSA) is 33.2 Å². The molecule has 0 radical (unpaired) electrons. The first-order chi connectivity index (χ1) is 10.2. The molecular weight excluding hydrogens is 260 g/mol. The summed E-state index contributed by atoms with van der Waals surface area (Å²) in [6, 6.07) is 17.4. The van der Waals surface area contributed by atoms with Crippen LogP contribution in [0, 0.1) is 6.92 Å². The van der Waals surface area contributed by atoms with Gasteiger partial charge in [-0.1, -0.05) is 36.4 Å². The Balaban J connectivity index is 2.07. The number of carbonyl (C=O) groups excluding carboxylic acids is 1. The van der Waals surface area contributed by atoms with E-state index >= 15 is 0 Å². The lowest BCUT2D eigenvalue weighted by atomic mass is 10.1. The molecule has 3 nitrogen and oxygen atoms in total. The van der Waals surface area contributed by atoms with E-state index in [0.29, 0.717) is 5.56 Å². The van der Waals surface area contributed by atoms with Gasteiger partial charge in [-0.25, -0.2) is 0 Å². The van der Waals surface area contributed by atoms with Crippen LogP contribution in [-0.2, 0) is 0 Å². The van der Waals surface area contributed by atoms with Crippen molar-refractivity contribution in [1.29, 1.82) is 0 Å². The second kappa shape index (κ2) is 5.37. The Morgan fingerprint density at radius 1 is 1.00 bits per heavy atom. The number of amides is 1. The average Bonchev–Trinajstić information content (AvgIpc) is 2.53. The number of hydrogen-bond donors (Lipinski definition) is 0. The number of nitrogens with zero attached hydrogens (tertiary/aromatic N) is 2. The molecule has 1 aromatic heterocycles. The average molecular weight is 276 g/mol. The highest BCUT2D eigenvalue weighted by atomic mass is 16.2. The number of para-hydroxylation sites is 1. The van der Waals surface area contributed by atoms with Gasteiger partial charge in [-0.05, 0) is 30.7 Å². The van der Waals surface area contributed by atoms with E-state index in [1.54, 1.807) is 18.1 Å². The molecule has 0 aliphatic heterocycles. The summed E-state index contributed by atoms with van der Waals surface area (Å²) >= 11 is 0. The number of rotatable bonds is 2. The van der Waals surface area contributed by atoms with Crippen LogP contribution in [-0.4, -0.2) is 17.9 Å². The van der Waals surface area contributed by atoms with Gasteiger partial charge in [0.15, 0.2) is 0 Å². The van der Waals surface area contributed by atoms with Gasteiger partial charge in [-0.15, -0.1) is 0 Å². The molecular formula is C18H16N2O. The van der Waals surface area contributed by atoms with Gasteiger partial charge in [0.2, 0.25) is 0 Å². The monoisotopic (exact) mass is 276 g/mol. The molecule has 0 spiro atoms. The molecule has 0 fully saturated rings. The number of carbonyl (C=O) groups is 1. The minimum absolute atomic E-state index is 0.0220. The highest BCUT2D eigenvalue weighted by molar-refractivity contribution is 6.10. The quantitative estimate of drug-likeness (QED) is 0.713. The predicted octanol–water partition coefficient (Wildman–Crippen LogP) is 3.82. The Morgan fingerprint density at radius 3 is 2.57 bits per heavy atom. The summed E-state index contributed by atoms with van der Waals surface area (Å²) in [6.45, 7) is 1.95. The Kier molecular flexibility index (Phi) is 3.40. The van der Waals surface area contributed by atoms with Gasteiger partial charge >= 0.3 is 0 Å². The molecule has 0 atom stereocenters. The van der Waals surface area contributed by atoms with Gasteiger partial charge in [0.1, 0.15) is 0 Å². The van der Waals surface area contributed by atoms with E-state index < -0.39 is 0 Å². The molecule has 21 heavy (non-hydrogen) atoms. The molecule has 104 valence electrons. The lowest BCUT2D eigenvalue weighted by Crippen LogP contribution is -2.27. The number of aromatic nitrogens is 1. The fraction of sp³-hybridized carbons (Fsp3) is 0.111. The zero-order valence-corrected chi connectivity index (χ0v) is 12.1. The van der Waals surface area contributed by atoms with Crippen LogP contribution in [0.3, 0.4) is 0 Å². The Bertz CT molecular complexity index is 806. The van der Waals surface area contributed by atoms with Crippen molar-refractivity contribution in [3.8, 4) is 0 Å². The van der Waals surface area contributed by atoms with Gasteiger partial charge in [0, 0.05) is 24.2 Å². The van der Waals surface area contributed by atoms with E-state index in [-0.39, 0.29) is 5.91 Å². The van der Waals surface area contributed by atoms with Crippen LogP contribution < -0.4 is 4.90 Å². The standard InChI is InChI=1S/C18H16N2O/c1-13-7-3-4-10-15(13)18(21)20(2)16-11-5-8-14-9-6-12-19-17(14)16/h3-12H,1-2H3. The summed E-state index contributed by atoms with van der Waals surface area (Å²) < 4.78 is 0. The molecule has 3 heteroatoms. The van der Waals surface area contributed by atoms with E-state index in [4.69, 9.17) is 0 Å². The summed E-state index contributed by atoms with van der Waals surface area (Å²) in [7, 11) is 1.79. The highest BCUT2D eigenvalue weighted by Gasteiger charge is 2.17.